The molecule has 0 spiro atoms. The van der Waals surface area contributed by atoms with Crippen LogP contribution in [0.3, 0.4) is 0 Å². The summed E-state index contributed by atoms with van der Waals surface area (Å²) in [5.41, 5.74) is 4.65. The number of unbranched alkanes of at least 4 members (excludes halogenated alkanes) is 24. The second kappa shape index (κ2) is 35.0. The van der Waals surface area contributed by atoms with E-state index in [0.717, 1.165) is 86.1 Å². The Hall–Kier alpha value is -1.21. The standard InChI is InChI=1S/2C28H44O3S.Ba/c2*1-3-5-7-9-11-13-15-18-24-22-23-25-19-17-21-27(32(29,30)31)28(25)26(24)20-16-14-12-10-8-6-4-2;/h2*17,19,21-23H,3-16,18,20H2,1-2H3,(H,29,30,31);/q;;+2/p-2. The van der Waals surface area contributed by atoms with Crippen LogP contribution < -0.4 is 0 Å². The normalized spacial score (nSPS) is 11.8. The first-order chi connectivity index (χ1) is 31.0. The smallest absolute Gasteiger partial charge is 0.744 e. The molecule has 0 atom stereocenters. The molecule has 0 unspecified atom stereocenters. The van der Waals surface area contributed by atoms with Crippen molar-refractivity contribution in [3.05, 3.63) is 82.9 Å². The molecule has 0 bridgehead atoms. The van der Waals surface area contributed by atoms with Crippen LogP contribution in [0.4, 0.5) is 0 Å². The third kappa shape index (κ3) is 22.8. The maximum atomic E-state index is 12.0. The van der Waals surface area contributed by atoms with Gasteiger partial charge in [-0.05, 0) is 96.5 Å². The summed E-state index contributed by atoms with van der Waals surface area (Å²) in [6, 6.07) is 18.5. The molecular weight excluding hydrogens is 970 g/mol. The average molecular weight is 1060 g/mol. The summed E-state index contributed by atoms with van der Waals surface area (Å²) in [5, 5.41) is 3.08. The van der Waals surface area contributed by atoms with Crippen molar-refractivity contribution in [2.45, 2.75) is 243 Å². The number of fused-ring (bicyclic) bond motifs is 2. The molecular formula is C56H86BaO6S2. The van der Waals surface area contributed by atoms with E-state index in [1.54, 1.807) is 12.1 Å². The van der Waals surface area contributed by atoms with Crippen molar-refractivity contribution < 1.29 is 25.9 Å². The zero-order valence-corrected chi connectivity index (χ0v) is 47.4. The maximum Gasteiger partial charge on any atom is 2.00 e. The van der Waals surface area contributed by atoms with Gasteiger partial charge in [0.2, 0.25) is 0 Å². The third-order valence-corrected chi connectivity index (χ3v) is 14.9. The second-order valence-corrected chi connectivity index (χ2v) is 21.2. The summed E-state index contributed by atoms with van der Waals surface area (Å²) >= 11 is 0. The van der Waals surface area contributed by atoms with Crippen LogP contribution in [-0.4, -0.2) is 74.8 Å². The van der Waals surface area contributed by atoms with Crippen molar-refractivity contribution in [3.8, 4) is 0 Å². The SMILES string of the molecule is CCCCCCCCCc1ccc2cccc(S(=O)(=O)[O-])c2c1CCCCCCCCC.CCCCCCCCCc1ccc2cccc(S(=O)(=O)[O-])c2c1CCCCCCCCC.[Ba+2]. The van der Waals surface area contributed by atoms with E-state index in [2.05, 4.69) is 39.8 Å². The molecule has 0 saturated carbocycles. The summed E-state index contributed by atoms with van der Waals surface area (Å²) < 4.78 is 72.1. The molecule has 0 aromatic heterocycles. The number of hydrogen-bond donors (Lipinski definition) is 0. The van der Waals surface area contributed by atoms with Gasteiger partial charge in [0.15, 0.2) is 0 Å². The minimum atomic E-state index is -4.50. The zero-order valence-electron chi connectivity index (χ0n) is 41.4. The molecule has 4 rings (SSSR count). The van der Waals surface area contributed by atoms with Crippen molar-refractivity contribution in [2.75, 3.05) is 0 Å². The van der Waals surface area contributed by atoms with Crippen molar-refractivity contribution in [3.63, 3.8) is 0 Å². The van der Waals surface area contributed by atoms with E-state index in [1.807, 2.05) is 24.3 Å². The Labute approximate surface area is 438 Å². The van der Waals surface area contributed by atoms with Gasteiger partial charge in [-0.25, -0.2) is 16.8 Å². The molecule has 0 N–H and O–H groups in total. The third-order valence-electron chi connectivity index (χ3n) is 13.1. The first-order valence-electron chi connectivity index (χ1n) is 26.0. The van der Waals surface area contributed by atoms with Gasteiger partial charge in [0.25, 0.3) is 0 Å². The molecule has 0 saturated heterocycles. The number of hydrogen-bond acceptors (Lipinski definition) is 6. The van der Waals surface area contributed by atoms with E-state index in [-0.39, 0.29) is 58.7 Å². The number of benzene rings is 4. The summed E-state index contributed by atoms with van der Waals surface area (Å²) in [6.07, 6.45) is 38.3. The van der Waals surface area contributed by atoms with Gasteiger partial charge in [-0.15, -0.1) is 0 Å². The Bertz CT molecular complexity index is 1960. The summed E-state index contributed by atoms with van der Waals surface area (Å²) in [4.78, 5) is -0.0938. The fourth-order valence-corrected chi connectivity index (χ4v) is 10.9. The number of rotatable bonds is 34. The van der Waals surface area contributed by atoms with Crippen LogP contribution in [0.15, 0.2) is 70.5 Å². The van der Waals surface area contributed by atoms with Gasteiger partial charge in [0, 0.05) is 10.8 Å². The zero-order chi connectivity index (χ0) is 46.5. The minimum Gasteiger partial charge on any atom is -0.744 e. The molecule has 6 nitrogen and oxygen atoms in total. The predicted molar refractivity (Wildman–Crippen MR) is 276 cm³/mol. The largest absolute Gasteiger partial charge is 2.00 e. The monoisotopic (exact) mass is 1060 g/mol. The summed E-state index contributed by atoms with van der Waals surface area (Å²) in [5.74, 6) is 0. The van der Waals surface area contributed by atoms with E-state index in [0.29, 0.717) is 10.8 Å². The fourth-order valence-electron chi connectivity index (χ4n) is 9.44. The molecule has 0 heterocycles. The van der Waals surface area contributed by atoms with Crippen LogP contribution in [0.1, 0.15) is 230 Å². The molecule has 0 aliphatic heterocycles. The molecule has 0 aliphatic rings. The first kappa shape index (κ1) is 59.9. The molecule has 360 valence electrons. The van der Waals surface area contributed by atoms with E-state index in [4.69, 9.17) is 0 Å². The minimum absolute atomic E-state index is 0. The van der Waals surface area contributed by atoms with Gasteiger partial charge in [0.1, 0.15) is 20.2 Å². The molecule has 0 amide bonds. The second-order valence-electron chi connectivity index (χ2n) is 18.5. The van der Waals surface area contributed by atoms with Crippen LogP contribution in [0.25, 0.3) is 21.5 Å². The average Bonchev–Trinajstić information content (AvgIpc) is 3.27. The molecule has 4 aromatic rings. The predicted octanol–water partition coefficient (Wildman–Crippen LogP) is 16.3. The van der Waals surface area contributed by atoms with E-state index in [9.17, 15) is 25.9 Å². The Morgan fingerprint density at radius 1 is 0.338 bits per heavy atom. The molecule has 0 fully saturated rings. The van der Waals surface area contributed by atoms with Gasteiger partial charge in [-0.3, -0.25) is 0 Å². The van der Waals surface area contributed by atoms with Crippen LogP contribution in [-0.2, 0) is 45.9 Å². The Morgan fingerprint density at radius 2 is 0.600 bits per heavy atom. The van der Waals surface area contributed by atoms with Gasteiger partial charge in [-0.1, -0.05) is 230 Å². The van der Waals surface area contributed by atoms with Gasteiger partial charge >= 0.3 is 48.9 Å². The van der Waals surface area contributed by atoms with E-state index in [1.165, 1.54) is 165 Å². The van der Waals surface area contributed by atoms with Crippen LogP contribution in [0, 0.1) is 0 Å². The van der Waals surface area contributed by atoms with E-state index < -0.39 is 20.2 Å². The summed E-state index contributed by atoms with van der Waals surface area (Å²) in [7, 11) is -9.00. The van der Waals surface area contributed by atoms with E-state index >= 15 is 0 Å². The Balaban J connectivity index is 0.000000440. The fraction of sp³-hybridized carbons (Fsp3) is 0.643. The van der Waals surface area contributed by atoms with Crippen LogP contribution >= 0.6 is 0 Å². The van der Waals surface area contributed by atoms with Gasteiger partial charge in [0.05, 0.1) is 9.79 Å². The van der Waals surface area contributed by atoms with Crippen molar-refractivity contribution in [1.82, 2.24) is 0 Å². The molecule has 0 aliphatic carbocycles. The van der Waals surface area contributed by atoms with Gasteiger partial charge < -0.3 is 9.11 Å². The van der Waals surface area contributed by atoms with Gasteiger partial charge in [-0.2, -0.15) is 0 Å². The quantitative estimate of drug-likeness (QED) is 0.0261. The number of aryl methyl sites for hydroxylation is 4. The van der Waals surface area contributed by atoms with Crippen molar-refractivity contribution in [1.29, 1.82) is 0 Å². The Kier molecular flexibility index (Phi) is 32.2. The molecule has 65 heavy (non-hydrogen) atoms. The topological polar surface area (TPSA) is 114 Å². The summed E-state index contributed by atoms with van der Waals surface area (Å²) in [6.45, 7) is 8.94. The van der Waals surface area contributed by atoms with Crippen LogP contribution in [0.5, 0.6) is 0 Å². The van der Waals surface area contributed by atoms with Crippen LogP contribution in [0.2, 0.25) is 0 Å². The van der Waals surface area contributed by atoms with Crippen molar-refractivity contribution >= 4 is 90.7 Å². The Morgan fingerprint density at radius 3 is 0.877 bits per heavy atom. The first-order valence-corrected chi connectivity index (χ1v) is 28.8. The van der Waals surface area contributed by atoms with Crippen molar-refractivity contribution in [2.24, 2.45) is 0 Å². The molecule has 9 heteroatoms. The molecule has 4 aromatic carbocycles. The molecule has 0 radical (unpaired) electrons. The maximum absolute atomic E-state index is 12.0.